The van der Waals surface area contributed by atoms with E-state index < -0.39 is 0 Å². The Hall–Kier alpha value is -0.610. The van der Waals surface area contributed by atoms with E-state index in [4.69, 9.17) is 9.94 Å². The van der Waals surface area contributed by atoms with Crippen molar-refractivity contribution in [2.75, 3.05) is 26.2 Å². The second kappa shape index (κ2) is 5.64. The van der Waals surface area contributed by atoms with Crippen molar-refractivity contribution in [3.63, 3.8) is 0 Å². The molecular formula is C12H22N2O2. The summed E-state index contributed by atoms with van der Waals surface area (Å²) in [7, 11) is 0. The van der Waals surface area contributed by atoms with Crippen LogP contribution in [0, 0.1) is 5.92 Å². The summed E-state index contributed by atoms with van der Waals surface area (Å²) >= 11 is 0. The van der Waals surface area contributed by atoms with Crippen LogP contribution in [-0.4, -0.2) is 48.2 Å². The van der Waals surface area contributed by atoms with Gasteiger partial charge in [-0.15, -0.1) is 0 Å². The van der Waals surface area contributed by atoms with E-state index in [1.807, 2.05) is 0 Å². The minimum atomic E-state index is 0.392. The first-order chi connectivity index (χ1) is 7.79. The lowest BCUT2D eigenvalue weighted by atomic mass is 9.97. The maximum absolute atomic E-state index is 8.80. The van der Waals surface area contributed by atoms with E-state index in [0.29, 0.717) is 12.0 Å². The van der Waals surface area contributed by atoms with E-state index in [-0.39, 0.29) is 0 Å². The van der Waals surface area contributed by atoms with Crippen molar-refractivity contribution >= 4 is 5.71 Å². The predicted octanol–water partition coefficient (Wildman–Crippen LogP) is 1.73. The molecule has 0 radical (unpaired) electrons. The van der Waals surface area contributed by atoms with Crippen LogP contribution in [0.15, 0.2) is 5.16 Å². The van der Waals surface area contributed by atoms with Crippen LogP contribution in [0.4, 0.5) is 0 Å². The molecular weight excluding hydrogens is 204 g/mol. The molecule has 2 unspecified atom stereocenters. The number of ether oxygens (including phenoxy) is 1. The van der Waals surface area contributed by atoms with Crippen LogP contribution in [0.25, 0.3) is 0 Å². The molecule has 2 atom stereocenters. The molecule has 0 aromatic rings. The average molecular weight is 226 g/mol. The zero-order chi connectivity index (χ0) is 11.4. The lowest BCUT2D eigenvalue weighted by molar-refractivity contribution is 0.0899. The summed E-state index contributed by atoms with van der Waals surface area (Å²) in [6.07, 6.45) is 5.00. The molecule has 0 spiro atoms. The van der Waals surface area contributed by atoms with Crippen LogP contribution in [0.1, 0.15) is 32.6 Å². The minimum Gasteiger partial charge on any atom is -0.411 e. The summed E-state index contributed by atoms with van der Waals surface area (Å²) in [5.74, 6) is 0.392. The third kappa shape index (κ3) is 2.95. The van der Waals surface area contributed by atoms with Crippen molar-refractivity contribution in [2.45, 2.75) is 38.7 Å². The van der Waals surface area contributed by atoms with E-state index in [1.165, 1.54) is 12.8 Å². The summed E-state index contributed by atoms with van der Waals surface area (Å²) in [6, 6.07) is 0. The second-order valence-electron chi connectivity index (χ2n) is 4.97. The SMILES string of the molecule is CC1CN(CCC2CCCO2)CCC1=NO. The standard InChI is InChI=1S/C12H22N2O2/c1-10-9-14(7-5-12(10)13-15)6-4-11-3-2-8-16-11/h10-11,15H,2-9H2,1H3. The van der Waals surface area contributed by atoms with Crippen molar-refractivity contribution in [3.05, 3.63) is 0 Å². The fourth-order valence-corrected chi connectivity index (χ4v) is 2.65. The van der Waals surface area contributed by atoms with Crippen LogP contribution in [0.3, 0.4) is 0 Å². The Morgan fingerprint density at radius 1 is 1.56 bits per heavy atom. The molecule has 4 heteroatoms. The monoisotopic (exact) mass is 226 g/mol. The summed E-state index contributed by atoms with van der Waals surface area (Å²) < 4.78 is 5.62. The maximum atomic E-state index is 8.80. The normalized spacial score (nSPS) is 34.7. The smallest absolute Gasteiger partial charge is 0.0624 e. The molecule has 2 aliphatic rings. The van der Waals surface area contributed by atoms with E-state index in [1.54, 1.807) is 0 Å². The van der Waals surface area contributed by atoms with Gasteiger partial charge in [-0.1, -0.05) is 12.1 Å². The predicted molar refractivity (Wildman–Crippen MR) is 63.0 cm³/mol. The molecule has 1 N–H and O–H groups in total. The van der Waals surface area contributed by atoms with Crippen LogP contribution in [0.5, 0.6) is 0 Å². The summed E-state index contributed by atoms with van der Waals surface area (Å²) in [4.78, 5) is 2.46. The largest absolute Gasteiger partial charge is 0.411 e. The van der Waals surface area contributed by atoms with Gasteiger partial charge in [0.25, 0.3) is 0 Å². The molecule has 4 nitrogen and oxygen atoms in total. The first-order valence-corrected chi connectivity index (χ1v) is 6.34. The molecule has 2 fully saturated rings. The van der Waals surface area contributed by atoms with Gasteiger partial charge in [-0.25, -0.2) is 0 Å². The molecule has 0 bridgehead atoms. The van der Waals surface area contributed by atoms with Gasteiger partial charge < -0.3 is 14.8 Å². The lowest BCUT2D eigenvalue weighted by Crippen LogP contribution is -2.40. The van der Waals surface area contributed by atoms with Crippen LogP contribution >= 0.6 is 0 Å². The third-order valence-corrected chi connectivity index (χ3v) is 3.70. The summed E-state index contributed by atoms with van der Waals surface area (Å²) in [6.45, 7) is 6.24. The van der Waals surface area contributed by atoms with Crippen molar-refractivity contribution in [1.82, 2.24) is 4.90 Å². The average Bonchev–Trinajstić information content (AvgIpc) is 2.79. The number of hydrogen-bond acceptors (Lipinski definition) is 4. The summed E-state index contributed by atoms with van der Waals surface area (Å²) in [5.41, 5.74) is 0.952. The summed E-state index contributed by atoms with van der Waals surface area (Å²) in [5, 5.41) is 12.2. The van der Waals surface area contributed by atoms with Gasteiger partial charge in [0.15, 0.2) is 0 Å². The van der Waals surface area contributed by atoms with Gasteiger partial charge in [0.1, 0.15) is 0 Å². The first kappa shape index (κ1) is 11.9. The molecule has 2 rings (SSSR count). The number of piperidine rings is 1. The number of likely N-dealkylation sites (tertiary alicyclic amines) is 1. The molecule has 0 aliphatic carbocycles. The number of hydrogen-bond donors (Lipinski definition) is 1. The van der Waals surface area contributed by atoms with E-state index >= 15 is 0 Å². The quantitative estimate of drug-likeness (QED) is 0.589. The van der Waals surface area contributed by atoms with Gasteiger partial charge in [0.2, 0.25) is 0 Å². The van der Waals surface area contributed by atoms with Gasteiger partial charge in [0, 0.05) is 38.6 Å². The highest BCUT2D eigenvalue weighted by atomic mass is 16.5. The zero-order valence-electron chi connectivity index (χ0n) is 10.1. The molecule has 0 aromatic heterocycles. The number of nitrogens with zero attached hydrogens (tertiary/aromatic N) is 2. The molecule has 2 heterocycles. The van der Waals surface area contributed by atoms with E-state index in [9.17, 15) is 0 Å². The molecule has 16 heavy (non-hydrogen) atoms. The first-order valence-electron chi connectivity index (χ1n) is 6.34. The Kier molecular flexibility index (Phi) is 4.18. The Morgan fingerprint density at radius 2 is 2.44 bits per heavy atom. The highest BCUT2D eigenvalue weighted by Gasteiger charge is 2.23. The van der Waals surface area contributed by atoms with Crippen molar-refractivity contribution in [3.8, 4) is 0 Å². The molecule has 2 saturated heterocycles. The van der Waals surface area contributed by atoms with Crippen molar-refractivity contribution < 1.29 is 9.94 Å². The highest BCUT2D eigenvalue weighted by Crippen LogP contribution is 2.18. The Labute approximate surface area is 97.3 Å². The molecule has 0 aromatic carbocycles. The van der Waals surface area contributed by atoms with E-state index in [0.717, 1.165) is 44.8 Å². The van der Waals surface area contributed by atoms with Crippen LogP contribution < -0.4 is 0 Å². The van der Waals surface area contributed by atoms with Crippen molar-refractivity contribution in [2.24, 2.45) is 11.1 Å². The topological polar surface area (TPSA) is 45.1 Å². The third-order valence-electron chi connectivity index (χ3n) is 3.70. The van der Waals surface area contributed by atoms with Gasteiger partial charge in [-0.2, -0.15) is 0 Å². The lowest BCUT2D eigenvalue weighted by Gasteiger charge is -2.31. The molecule has 0 saturated carbocycles. The fraction of sp³-hybridized carbons (Fsp3) is 0.917. The molecule has 2 aliphatic heterocycles. The molecule has 0 amide bonds. The van der Waals surface area contributed by atoms with Crippen molar-refractivity contribution in [1.29, 1.82) is 0 Å². The minimum absolute atomic E-state index is 0.392. The van der Waals surface area contributed by atoms with Gasteiger partial charge in [0.05, 0.1) is 11.8 Å². The Morgan fingerprint density at radius 3 is 3.06 bits per heavy atom. The highest BCUT2D eigenvalue weighted by molar-refractivity contribution is 5.86. The van der Waals surface area contributed by atoms with Gasteiger partial charge in [-0.3, -0.25) is 0 Å². The van der Waals surface area contributed by atoms with Gasteiger partial charge >= 0.3 is 0 Å². The number of oxime groups is 1. The number of rotatable bonds is 3. The Bertz CT molecular complexity index is 249. The van der Waals surface area contributed by atoms with Crippen LogP contribution in [0.2, 0.25) is 0 Å². The zero-order valence-corrected chi connectivity index (χ0v) is 10.1. The van der Waals surface area contributed by atoms with Crippen LogP contribution in [-0.2, 0) is 4.74 Å². The fourth-order valence-electron chi connectivity index (χ4n) is 2.65. The Balaban J connectivity index is 1.71. The van der Waals surface area contributed by atoms with Gasteiger partial charge in [-0.05, 0) is 19.3 Å². The maximum Gasteiger partial charge on any atom is 0.0624 e. The molecule has 92 valence electrons. The van der Waals surface area contributed by atoms with E-state index in [2.05, 4.69) is 17.0 Å². The second-order valence-corrected chi connectivity index (χ2v) is 4.97.